The molecule has 92 valence electrons. The lowest BCUT2D eigenvalue weighted by Crippen LogP contribution is -1.92. The molecule has 2 nitrogen and oxygen atoms in total. The van der Waals surface area contributed by atoms with Crippen LogP contribution in [-0.4, -0.2) is 0 Å². The average molecular weight is 239 g/mol. The molecule has 0 saturated heterocycles. The molecule has 18 heavy (non-hydrogen) atoms. The van der Waals surface area contributed by atoms with Gasteiger partial charge in [0.2, 0.25) is 0 Å². The highest BCUT2D eigenvalue weighted by Crippen LogP contribution is 2.10. The summed E-state index contributed by atoms with van der Waals surface area (Å²) in [6.07, 6.45) is 5.64. The summed E-state index contributed by atoms with van der Waals surface area (Å²) in [4.78, 5) is 0. The molecule has 0 saturated carbocycles. The van der Waals surface area contributed by atoms with Gasteiger partial charge in [-0.2, -0.15) is 5.26 Å². The molecule has 0 amide bonds. The van der Waals surface area contributed by atoms with E-state index in [4.69, 9.17) is 10.00 Å². The minimum atomic E-state index is 0.473. The van der Waals surface area contributed by atoms with Gasteiger partial charge in [0.05, 0.1) is 11.6 Å². The van der Waals surface area contributed by atoms with Crippen molar-refractivity contribution >= 4 is 0 Å². The maximum absolute atomic E-state index is 8.70. The van der Waals surface area contributed by atoms with Crippen LogP contribution in [0.15, 0.2) is 60.4 Å². The van der Waals surface area contributed by atoms with E-state index >= 15 is 0 Å². The summed E-state index contributed by atoms with van der Waals surface area (Å²) < 4.78 is 5.64. The average Bonchev–Trinajstić information content (AvgIpc) is 2.43. The number of benzene rings is 1. The smallest absolute Gasteiger partial charge is 0.119 e. The van der Waals surface area contributed by atoms with E-state index in [0.717, 1.165) is 16.9 Å². The summed E-state index contributed by atoms with van der Waals surface area (Å²) in [6, 6.07) is 9.44. The quantitative estimate of drug-likeness (QED) is 0.572. The first kappa shape index (κ1) is 13.8. The second kappa shape index (κ2) is 7.13. The van der Waals surface area contributed by atoms with Gasteiger partial charge >= 0.3 is 0 Å². The summed E-state index contributed by atoms with van der Waals surface area (Å²) >= 11 is 0. The number of ether oxygens (including phenoxy) is 1. The van der Waals surface area contributed by atoms with E-state index < -0.39 is 0 Å². The zero-order chi connectivity index (χ0) is 13.4. The third kappa shape index (κ3) is 4.31. The van der Waals surface area contributed by atoms with Crippen LogP contribution in [0.3, 0.4) is 0 Å². The van der Waals surface area contributed by atoms with Gasteiger partial charge in [0.15, 0.2) is 0 Å². The van der Waals surface area contributed by atoms with E-state index in [1.54, 1.807) is 18.2 Å². The van der Waals surface area contributed by atoms with Crippen molar-refractivity contribution in [2.24, 2.45) is 0 Å². The van der Waals surface area contributed by atoms with Crippen LogP contribution in [0.1, 0.15) is 25.0 Å². The molecule has 2 heteroatoms. The molecule has 0 aliphatic carbocycles. The third-order valence-electron chi connectivity index (χ3n) is 2.51. The highest BCUT2D eigenvalue weighted by atomic mass is 16.5. The zero-order valence-electron chi connectivity index (χ0n) is 10.8. The Morgan fingerprint density at radius 1 is 1.39 bits per heavy atom. The summed E-state index contributed by atoms with van der Waals surface area (Å²) in [5.41, 5.74) is 2.81. The lowest BCUT2D eigenvalue weighted by molar-refractivity contribution is 0.211. The maximum atomic E-state index is 8.70. The molecule has 0 N–H and O–H groups in total. The predicted molar refractivity (Wildman–Crippen MR) is 73.7 cm³/mol. The first-order valence-electron chi connectivity index (χ1n) is 5.78. The van der Waals surface area contributed by atoms with Crippen molar-refractivity contribution in [3.05, 3.63) is 71.5 Å². The molecule has 1 aromatic carbocycles. The lowest BCUT2D eigenvalue weighted by atomic mass is 10.1. The fourth-order valence-electron chi connectivity index (χ4n) is 1.31. The van der Waals surface area contributed by atoms with Gasteiger partial charge in [-0.05, 0) is 43.7 Å². The van der Waals surface area contributed by atoms with Gasteiger partial charge in [0.1, 0.15) is 12.4 Å². The molecular weight excluding hydrogens is 222 g/mol. The van der Waals surface area contributed by atoms with E-state index in [0.29, 0.717) is 12.2 Å². The van der Waals surface area contributed by atoms with Crippen molar-refractivity contribution in [1.82, 2.24) is 0 Å². The van der Waals surface area contributed by atoms with Gasteiger partial charge in [0.25, 0.3) is 0 Å². The normalized spacial score (nSPS) is 11.8. The topological polar surface area (TPSA) is 33.0 Å². The molecular formula is C16H17NO. The Kier molecular flexibility index (Phi) is 5.47. The Labute approximate surface area is 109 Å². The molecule has 0 unspecified atom stereocenters. The van der Waals surface area contributed by atoms with Gasteiger partial charge in [0, 0.05) is 0 Å². The van der Waals surface area contributed by atoms with Gasteiger partial charge in [-0.25, -0.2) is 0 Å². The number of hydrogen-bond acceptors (Lipinski definition) is 2. The fourth-order valence-corrected chi connectivity index (χ4v) is 1.31. The molecule has 0 spiro atoms. The van der Waals surface area contributed by atoms with E-state index in [1.165, 1.54) is 0 Å². The Morgan fingerprint density at radius 2 is 2.06 bits per heavy atom. The molecule has 0 aliphatic rings. The standard InChI is InChI=1S/C16H17NO/c1-4-13(3)10-16(5-2)18-12-15-8-6-14(11-17)7-9-15/h4-10H,2,12H2,1,3H3/b13-4-,16-10+. The van der Waals surface area contributed by atoms with Gasteiger partial charge < -0.3 is 4.74 Å². The van der Waals surface area contributed by atoms with E-state index in [2.05, 4.69) is 12.6 Å². The van der Waals surface area contributed by atoms with Crippen LogP contribution < -0.4 is 0 Å². The van der Waals surface area contributed by atoms with Crippen LogP contribution in [0.2, 0.25) is 0 Å². The van der Waals surface area contributed by atoms with Crippen molar-refractivity contribution in [2.75, 3.05) is 0 Å². The van der Waals surface area contributed by atoms with Crippen LogP contribution in [0.25, 0.3) is 0 Å². The summed E-state index contributed by atoms with van der Waals surface area (Å²) in [5, 5.41) is 8.70. The van der Waals surface area contributed by atoms with Crippen LogP contribution in [0.4, 0.5) is 0 Å². The molecule has 0 aromatic heterocycles. The van der Waals surface area contributed by atoms with Crippen molar-refractivity contribution < 1.29 is 4.74 Å². The first-order valence-corrected chi connectivity index (χ1v) is 5.78. The molecule has 0 aliphatic heterocycles. The van der Waals surface area contributed by atoms with Crippen molar-refractivity contribution in [1.29, 1.82) is 5.26 Å². The Hall–Kier alpha value is -2.27. The second-order valence-corrected chi connectivity index (χ2v) is 3.88. The minimum absolute atomic E-state index is 0.473. The minimum Gasteiger partial charge on any atom is -0.489 e. The number of hydrogen-bond donors (Lipinski definition) is 0. The molecule has 0 radical (unpaired) electrons. The van der Waals surface area contributed by atoms with Crippen LogP contribution in [-0.2, 0) is 11.3 Å². The lowest BCUT2D eigenvalue weighted by Gasteiger charge is -2.07. The van der Waals surface area contributed by atoms with Crippen molar-refractivity contribution in [3.8, 4) is 6.07 Å². The maximum Gasteiger partial charge on any atom is 0.119 e. The largest absolute Gasteiger partial charge is 0.489 e. The van der Waals surface area contributed by atoms with Crippen LogP contribution in [0.5, 0.6) is 0 Å². The number of nitriles is 1. The van der Waals surface area contributed by atoms with Gasteiger partial charge in [-0.3, -0.25) is 0 Å². The Balaban J connectivity index is 2.66. The SMILES string of the molecule is C=C/C(=C\C(C)=C/C)OCc1ccc(C#N)cc1. The molecule has 1 aromatic rings. The van der Waals surface area contributed by atoms with E-state index in [9.17, 15) is 0 Å². The van der Waals surface area contributed by atoms with Crippen molar-refractivity contribution in [2.45, 2.75) is 20.5 Å². The van der Waals surface area contributed by atoms with E-state index in [-0.39, 0.29) is 0 Å². The molecule has 0 bridgehead atoms. The fraction of sp³-hybridized carbons (Fsp3) is 0.188. The molecule has 0 heterocycles. The highest BCUT2D eigenvalue weighted by Gasteiger charge is 1.97. The third-order valence-corrected chi connectivity index (χ3v) is 2.51. The summed E-state index contributed by atoms with van der Waals surface area (Å²) in [6.45, 7) is 8.19. The number of nitrogens with zero attached hydrogens (tertiary/aromatic N) is 1. The monoisotopic (exact) mass is 239 g/mol. The predicted octanol–water partition coefficient (Wildman–Crippen LogP) is 4.11. The Bertz CT molecular complexity index is 501. The van der Waals surface area contributed by atoms with Crippen LogP contribution in [0, 0.1) is 11.3 Å². The zero-order valence-corrected chi connectivity index (χ0v) is 10.8. The number of allylic oxidation sites excluding steroid dienone is 4. The summed E-state index contributed by atoms with van der Waals surface area (Å²) in [7, 11) is 0. The second-order valence-electron chi connectivity index (χ2n) is 3.88. The number of rotatable bonds is 5. The van der Waals surface area contributed by atoms with Gasteiger partial charge in [-0.15, -0.1) is 0 Å². The van der Waals surface area contributed by atoms with Gasteiger partial charge in [-0.1, -0.05) is 30.4 Å². The van der Waals surface area contributed by atoms with Crippen LogP contribution >= 0.6 is 0 Å². The Morgan fingerprint density at radius 3 is 2.56 bits per heavy atom. The summed E-state index contributed by atoms with van der Waals surface area (Å²) in [5.74, 6) is 0.745. The molecule has 0 fully saturated rings. The van der Waals surface area contributed by atoms with E-state index in [1.807, 2.05) is 38.1 Å². The molecule has 1 rings (SSSR count). The molecule has 0 atom stereocenters. The first-order chi connectivity index (χ1) is 8.69. The van der Waals surface area contributed by atoms with Crippen molar-refractivity contribution in [3.63, 3.8) is 0 Å². The highest BCUT2D eigenvalue weighted by molar-refractivity contribution is 5.31.